The lowest BCUT2D eigenvalue weighted by Gasteiger charge is -2.12. The maximum Gasteiger partial charge on any atom is 0.230 e. The van der Waals surface area contributed by atoms with Crippen molar-refractivity contribution < 1.29 is 4.21 Å². The van der Waals surface area contributed by atoms with Gasteiger partial charge in [0.1, 0.15) is 0 Å². The van der Waals surface area contributed by atoms with Gasteiger partial charge in [-0.25, -0.2) is 0 Å². The van der Waals surface area contributed by atoms with Crippen molar-refractivity contribution >= 4 is 34.3 Å². The van der Waals surface area contributed by atoms with E-state index < -0.39 is 10.8 Å². The average molecular weight is 292 g/mol. The number of halogens is 1. The van der Waals surface area contributed by atoms with Gasteiger partial charge in [0, 0.05) is 42.9 Å². The SMILES string of the molecule is CC(CCNc1nc(Cl)nc(N(C)C)n1)S(C)=O. The van der Waals surface area contributed by atoms with Gasteiger partial charge in [-0.05, 0) is 18.0 Å². The minimum Gasteiger partial charge on any atom is -0.354 e. The molecule has 1 aromatic rings. The van der Waals surface area contributed by atoms with E-state index in [2.05, 4.69) is 20.3 Å². The molecule has 0 spiro atoms. The summed E-state index contributed by atoms with van der Waals surface area (Å²) in [6.07, 6.45) is 2.48. The van der Waals surface area contributed by atoms with Crippen molar-refractivity contribution in [2.24, 2.45) is 0 Å². The first-order valence-corrected chi connectivity index (χ1v) is 7.55. The van der Waals surface area contributed by atoms with Gasteiger partial charge in [0.2, 0.25) is 17.2 Å². The summed E-state index contributed by atoms with van der Waals surface area (Å²) in [5, 5.41) is 3.36. The Kier molecular flexibility index (Phi) is 5.74. The molecule has 1 rings (SSSR count). The van der Waals surface area contributed by atoms with Gasteiger partial charge in [-0.2, -0.15) is 15.0 Å². The predicted octanol–water partition coefficient (Wildman–Crippen LogP) is 1.16. The van der Waals surface area contributed by atoms with Crippen LogP contribution < -0.4 is 10.2 Å². The molecule has 1 aromatic heterocycles. The highest BCUT2D eigenvalue weighted by molar-refractivity contribution is 7.84. The van der Waals surface area contributed by atoms with Crippen LogP contribution in [0.2, 0.25) is 5.28 Å². The summed E-state index contributed by atoms with van der Waals surface area (Å²) < 4.78 is 11.2. The Balaban J connectivity index is 2.59. The van der Waals surface area contributed by atoms with E-state index in [4.69, 9.17) is 11.6 Å². The third-order valence-corrected chi connectivity index (χ3v) is 3.93. The molecule has 0 amide bonds. The van der Waals surface area contributed by atoms with Gasteiger partial charge < -0.3 is 10.2 Å². The number of aromatic nitrogens is 3. The maximum absolute atomic E-state index is 11.2. The van der Waals surface area contributed by atoms with Gasteiger partial charge in [-0.3, -0.25) is 4.21 Å². The molecule has 1 N–H and O–H groups in total. The summed E-state index contributed by atoms with van der Waals surface area (Å²) in [4.78, 5) is 13.9. The summed E-state index contributed by atoms with van der Waals surface area (Å²) in [5.74, 6) is 0.942. The van der Waals surface area contributed by atoms with Crippen LogP contribution in [-0.4, -0.2) is 51.3 Å². The molecule has 0 aromatic carbocycles. The smallest absolute Gasteiger partial charge is 0.230 e. The molecule has 6 nitrogen and oxygen atoms in total. The van der Waals surface area contributed by atoms with Crippen LogP contribution in [-0.2, 0) is 10.8 Å². The zero-order valence-electron chi connectivity index (χ0n) is 11.0. The van der Waals surface area contributed by atoms with Crippen molar-refractivity contribution in [2.45, 2.75) is 18.6 Å². The van der Waals surface area contributed by atoms with Gasteiger partial charge in [0.05, 0.1) is 0 Å². The van der Waals surface area contributed by atoms with Crippen molar-refractivity contribution in [1.29, 1.82) is 0 Å². The van der Waals surface area contributed by atoms with Gasteiger partial charge in [-0.15, -0.1) is 0 Å². The molecular weight excluding hydrogens is 274 g/mol. The summed E-state index contributed by atoms with van der Waals surface area (Å²) in [5.41, 5.74) is 0. The maximum atomic E-state index is 11.2. The minimum atomic E-state index is -0.812. The molecular formula is C10H18ClN5OS. The number of rotatable bonds is 6. The van der Waals surface area contributed by atoms with Crippen LogP contribution in [0.4, 0.5) is 11.9 Å². The fourth-order valence-electron chi connectivity index (χ4n) is 1.17. The summed E-state index contributed by atoms with van der Waals surface area (Å²) in [6.45, 7) is 2.59. The van der Waals surface area contributed by atoms with Crippen molar-refractivity contribution in [3.05, 3.63) is 5.28 Å². The van der Waals surface area contributed by atoms with E-state index >= 15 is 0 Å². The highest BCUT2D eigenvalue weighted by Gasteiger charge is 2.08. The van der Waals surface area contributed by atoms with E-state index in [-0.39, 0.29) is 10.5 Å². The molecule has 0 bridgehead atoms. The monoisotopic (exact) mass is 291 g/mol. The van der Waals surface area contributed by atoms with Gasteiger partial charge in [0.15, 0.2) is 0 Å². The molecule has 102 valence electrons. The Labute approximate surface area is 115 Å². The first-order valence-electron chi connectivity index (χ1n) is 5.55. The molecule has 0 aliphatic heterocycles. The zero-order valence-corrected chi connectivity index (χ0v) is 12.5. The standard InChI is InChI=1S/C10H18ClN5OS/c1-7(18(4)17)5-6-12-9-13-8(11)14-10(15-9)16(2)3/h7H,5-6H2,1-4H3,(H,12,13,14,15). The lowest BCUT2D eigenvalue weighted by atomic mass is 10.3. The molecule has 2 atom stereocenters. The normalized spacial score (nSPS) is 14.1. The summed E-state index contributed by atoms with van der Waals surface area (Å²) >= 11 is 5.81. The zero-order chi connectivity index (χ0) is 13.7. The Bertz CT molecular complexity index is 429. The van der Waals surface area contributed by atoms with Crippen LogP contribution in [0, 0.1) is 0 Å². The fraction of sp³-hybridized carbons (Fsp3) is 0.700. The highest BCUT2D eigenvalue weighted by atomic mass is 35.5. The van der Waals surface area contributed by atoms with Crippen LogP contribution in [0.1, 0.15) is 13.3 Å². The Hall–Kier alpha value is -0.950. The summed E-state index contributed by atoms with van der Waals surface area (Å²) in [6, 6.07) is 0. The van der Waals surface area contributed by atoms with E-state index in [9.17, 15) is 4.21 Å². The van der Waals surface area contributed by atoms with Gasteiger partial charge >= 0.3 is 0 Å². The molecule has 2 unspecified atom stereocenters. The van der Waals surface area contributed by atoms with Crippen molar-refractivity contribution in [1.82, 2.24) is 15.0 Å². The number of hydrogen-bond donors (Lipinski definition) is 1. The van der Waals surface area contributed by atoms with Crippen LogP contribution in [0.15, 0.2) is 0 Å². The molecule has 0 fully saturated rings. The molecule has 0 radical (unpaired) electrons. The van der Waals surface area contributed by atoms with Gasteiger partial charge in [0.25, 0.3) is 0 Å². The second kappa shape index (κ2) is 6.84. The quantitative estimate of drug-likeness (QED) is 0.848. The number of hydrogen-bond acceptors (Lipinski definition) is 6. The van der Waals surface area contributed by atoms with E-state index in [0.717, 1.165) is 6.42 Å². The average Bonchev–Trinajstić information content (AvgIpc) is 2.27. The minimum absolute atomic E-state index is 0.142. The van der Waals surface area contributed by atoms with Crippen molar-refractivity contribution in [2.75, 3.05) is 37.1 Å². The van der Waals surface area contributed by atoms with Crippen LogP contribution in [0.5, 0.6) is 0 Å². The first-order chi connectivity index (χ1) is 8.40. The third kappa shape index (κ3) is 4.73. The second-order valence-corrected chi connectivity index (χ2v) is 6.29. The Morgan fingerprint density at radius 2 is 2.06 bits per heavy atom. The fourth-order valence-corrected chi connectivity index (χ4v) is 1.78. The van der Waals surface area contributed by atoms with E-state index in [1.54, 1.807) is 11.2 Å². The molecule has 0 saturated heterocycles. The molecule has 0 saturated carbocycles. The van der Waals surface area contributed by atoms with E-state index in [0.29, 0.717) is 18.4 Å². The third-order valence-electron chi connectivity index (χ3n) is 2.40. The molecule has 0 aliphatic carbocycles. The lowest BCUT2D eigenvalue weighted by molar-refractivity contribution is 0.672. The van der Waals surface area contributed by atoms with Crippen LogP contribution >= 0.6 is 11.6 Å². The first kappa shape index (κ1) is 15.1. The predicted molar refractivity (Wildman–Crippen MR) is 75.8 cm³/mol. The molecule has 8 heteroatoms. The lowest BCUT2D eigenvalue weighted by Crippen LogP contribution is -2.18. The van der Waals surface area contributed by atoms with Crippen molar-refractivity contribution in [3.63, 3.8) is 0 Å². The van der Waals surface area contributed by atoms with E-state index in [1.807, 2.05) is 21.0 Å². The number of nitrogens with zero attached hydrogens (tertiary/aromatic N) is 4. The largest absolute Gasteiger partial charge is 0.354 e. The Morgan fingerprint density at radius 3 is 2.61 bits per heavy atom. The Morgan fingerprint density at radius 1 is 1.39 bits per heavy atom. The molecule has 18 heavy (non-hydrogen) atoms. The van der Waals surface area contributed by atoms with Crippen LogP contribution in [0.25, 0.3) is 0 Å². The van der Waals surface area contributed by atoms with Crippen molar-refractivity contribution in [3.8, 4) is 0 Å². The van der Waals surface area contributed by atoms with Gasteiger partial charge in [-0.1, -0.05) is 6.92 Å². The topological polar surface area (TPSA) is 71.0 Å². The number of anilines is 2. The van der Waals surface area contributed by atoms with Crippen LogP contribution in [0.3, 0.4) is 0 Å². The van der Waals surface area contributed by atoms with E-state index in [1.165, 1.54) is 0 Å². The number of nitrogens with one attached hydrogen (secondary N) is 1. The molecule has 0 aliphatic rings. The highest BCUT2D eigenvalue weighted by Crippen LogP contribution is 2.11. The summed E-state index contributed by atoms with van der Waals surface area (Å²) in [7, 11) is 2.85. The second-order valence-electron chi connectivity index (χ2n) is 4.15. The molecule has 1 heterocycles.